The number of esters is 2. The Morgan fingerprint density at radius 2 is 1.31 bits per heavy atom. The van der Waals surface area contributed by atoms with Crippen LogP contribution in [0.2, 0.25) is 0 Å². The van der Waals surface area contributed by atoms with Crippen LogP contribution < -0.4 is 4.74 Å². The average Bonchev–Trinajstić information content (AvgIpc) is 2.74. The van der Waals surface area contributed by atoms with E-state index in [0.717, 1.165) is 18.4 Å². The summed E-state index contributed by atoms with van der Waals surface area (Å²) in [5, 5.41) is 0. The molecule has 0 atom stereocenters. The minimum absolute atomic E-state index is 0.0337. The van der Waals surface area contributed by atoms with Gasteiger partial charge >= 0.3 is 11.9 Å². The van der Waals surface area contributed by atoms with Gasteiger partial charge in [0, 0.05) is 5.56 Å². The number of carbonyl (C=O) groups excluding carboxylic acids is 2. The summed E-state index contributed by atoms with van der Waals surface area (Å²) in [5.41, 5.74) is 0.798. The van der Waals surface area contributed by atoms with Crippen LogP contribution in [0.5, 0.6) is 5.75 Å². The molecule has 0 bridgehead atoms. The molecule has 0 aliphatic rings. The quantitative estimate of drug-likeness (QED) is 0.235. The highest BCUT2D eigenvalue weighted by Gasteiger charge is 2.10. The van der Waals surface area contributed by atoms with Gasteiger partial charge in [0.25, 0.3) is 0 Å². The van der Waals surface area contributed by atoms with Gasteiger partial charge in [-0.2, -0.15) is 0 Å². The zero-order valence-electron chi connectivity index (χ0n) is 18.3. The molecule has 0 aliphatic heterocycles. The van der Waals surface area contributed by atoms with Crippen molar-refractivity contribution in [1.82, 2.24) is 0 Å². The predicted molar refractivity (Wildman–Crippen MR) is 115 cm³/mol. The highest BCUT2D eigenvalue weighted by molar-refractivity contribution is 5.77. The largest absolute Gasteiger partial charge is 0.496 e. The maximum atomic E-state index is 11.8. The van der Waals surface area contributed by atoms with E-state index >= 15 is 0 Å². The maximum Gasteiger partial charge on any atom is 0.306 e. The van der Waals surface area contributed by atoms with E-state index in [9.17, 15) is 9.59 Å². The van der Waals surface area contributed by atoms with Crippen LogP contribution in [0, 0.1) is 0 Å². The van der Waals surface area contributed by atoms with E-state index in [0.29, 0.717) is 12.4 Å². The summed E-state index contributed by atoms with van der Waals surface area (Å²) < 4.78 is 15.6. The van der Waals surface area contributed by atoms with E-state index in [4.69, 9.17) is 14.2 Å². The monoisotopic (exact) mass is 406 g/mol. The lowest BCUT2D eigenvalue weighted by atomic mass is 10.1. The Morgan fingerprint density at radius 1 is 0.759 bits per heavy atom. The van der Waals surface area contributed by atoms with Crippen LogP contribution in [0.15, 0.2) is 24.3 Å². The fourth-order valence-corrected chi connectivity index (χ4v) is 3.10. The first-order valence-electron chi connectivity index (χ1n) is 11.1. The van der Waals surface area contributed by atoms with Gasteiger partial charge in [-0.1, -0.05) is 82.9 Å². The number of carbonyl (C=O) groups is 2. The lowest BCUT2D eigenvalue weighted by Crippen LogP contribution is -2.11. The van der Waals surface area contributed by atoms with Gasteiger partial charge < -0.3 is 14.2 Å². The molecule has 1 rings (SSSR count). The van der Waals surface area contributed by atoms with E-state index in [1.165, 1.54) is 51.4 Å². The van der Waals surface area contributed by atoms with Crippen molar-refractivity contribution in [3.8, 4) is 5.75 Å². The summed E-state index contributed by atoms with van der Waals surface area (Å²) in [6.07, 6.45) is 12.5. The maximum absolute atomic E-state index is 11.8. The molecule has 5 heteroatoms. The minimum atomic E-state index is -0.410. The molecule has 1 aromatic carbocycles. The van der Waals surface area contributed by atoms with Gasteiger partial charge in [0.15, 0.2) is 0 Å². The summed E-state index contributed by atoms with van der Waals surface area (Å²) in [7, 11) is 1.57. The van der Waals surface area contributed by atoms with E-state index in [2.05, 4.69) is 6.92 Å². The van der Waals surface area contributed by atoms with Gasteiger partial charge in [-0.25, -0.2) is 0 Å². The van der Waals surface area contributed by atoms with Crippen molar-refractivity contribution in [3.63, 3.8) is 0 Å². The average molecular weight is 407 g/mol. The fraction of sp³-hybridized carbons (Fsp3) is 0.667. The standard InChI is InChI=1S/C24H38O5/c1-3-4-5-6-7-8-9-10-11-14-19-28-23(25)17-18-24(26)29-20-21-15-12-13-16-22(21)27-2/h12-13,15-16H,3-11,14,17-20H2,1-2H3. The van der Waals surface area contributed by atoms with Gasteiger partial charge in [0.05, 0.1) is 26.6 Å². The number of benzene rings is 1. The zero-order chi connectivity index (χ0) is 21.2. The molecule has 0 saturated carbocycles. The van der Waals surface area contributed by atoms with Gasteiger partial charge in [0.2, 0.25) is 0 Å². The number of hydrogen-bond donors (Lipinski definition) is 0. The third-order valence-electron chi connectivity index (χ3n) is 4.88. The molecule has 0 aliphatic carbocycles. The van der Waals surface area contributed by atoms with Crippen molar-refractivity contribution in [2.75, 3.05) is 13.7 Å². The molecule has 0 spiro atoms. The first kappa shape index (κ1) is 25.0. The van der Waals surface area contributed by atoms with Crippen LogP contribution in [0.1, 0.15) is 89.5 Å². The molecule has 5 nitrogen and oxygen atoms in total. The van der Waals surface area contributed by atoms with Crippen molar-refractivity contribution in [3.05, 3.63) is 29.8 Å². The van der Waals surface area contributed by atoms with E-state index in [-0.39, 0.29) is 25.4 Å². The third-order valence-corrected chi connectivity index (χ3v) is 4.88. The normalized spacial score (nSPS) is 10.6. The Balaban J connectivity index is 1.97. The summed E-state index contributed by atoms with van der Waals surface area (Å²) in [5.74, 6) is -0.0711. The molecule has 0 saturated heterocycles. The molecule has 0 heterocycles. The molecule has 29 heavy (non-hydrogen) atoms. The fourth-order valence-electron chi connectivity index (χ4n) is 3.10. The van der Waals surface area contributed by atoms with Gasteiger partial charge in [-0.3, -0.25) is 9.59 Å². The molecule has 0 amide bonds. The Labute approximate surface area is 176 Å². The summed E-state index contributed by atoms with van der Waals surface area (Å²) >= 11 is 0. The van der Waals surface area contributed by atoms with Crippen LogP contribution in [0.25, 0.3) is 0 Å². The predicted octanol–water partition coefficient (Wildman–Crippen LogP) is 5.98. The van der Waals surface area contributed by atoms with Crippen LogP contribution in [0.4, 0.5) is 0 Å². The van der Waals surface area contributed by atoms with E-state index in [1.54, 1.807) is 7.11 Å². The van der Waals surface area contributed by atoms with Crippen molar-refractivity contribution in [2.24, 2.45) is 0 Å². The molecule has 164 valence electrons. The Hall–Kier alpha value is -2.04. The lowest BCUT2D eigenvalue weighted by molar-refractivity contribution is -0.151. The van der Waals surface area contributed by atoms with Crippen molar-refractivity contribution >= 4 is 11.9 Å². The molecular formula is C24H38O5. The highest BCUT2D eigenvalue weighted by atomic mass is 16.5. The number of rotatable bonds is 17. The number of ether oxygens (including phenoxy) is 3. The molecule has 0 radical (unpaired) electrons. The number of para-hydroxylation sites is 1. The summed E-state index contributed by atoms with van der Waals surface area (Å²) in [6, 6.07) is 7.37. The Morgan fingerprint density at radius 3 is 1.93 bits per heavy atom. The molecular weight excluding hydrogens is 368 g/mol. The van der Waals surface area contributed by atoms with Crippen molar-refractivity contribution in [1.29, 1.82) is 0 Å². The van der Waals surface area contributed by atoms with Gasteiger partial charge in [0.1, 0.15) is 12.4 Å². The van der Waals surface area contributed by atoms with Crippen LogP contribution in [-0.2, 0) is 25.7 Å². The summed E-state index contributed by atoms with van der Waals surface area (Å²) in [6.45, 7) is 2.81. The number of hydrogen-bond acceptors (Lipinski definition) is 5. The lowest BCUT2D eigenvalue weighted by Gasteiger charge is -2.09. The van der Waals surface area contributed by atoms with Gasteiger partial charge in [-0.15, -0.1) is 0 Å². The van der Waals surface area contributed by atoms with E-state index in [1.807, 2.05) is 24.3 Å². The molecule has 0 N–H and O–H groups in total. The van der Waals surface area contributed by atoms with Crippen LogP contribution >= 0.6 is 0 Å². The Bertz CT molecular complexity index is 570. The Kier molecular flexibility index (Phi) is 14.5. The summed E-state index contributed by atoms with van der Waals surface area (Å²) in [4.78, 5) is 23.5. The van der Waals surface area contributed by atoms with Crippen LogP contribution in [-0.4, -0.2) is 25.7 Å². The molecule has 0 unspecified atom stereocenters. The number of methoxy groups -OCH3 is 1. The third kappa shape index (κ3) is 12.9. The second-order valence-corrected chi connectivity index (χ2v) is 7.37. The molecule has 0 aromatic heterocycles. The first-order chi connectivity index (χ1) is 14.2. The van der Waals surface area contributed by atoms with E-state index < -0.39 is 5.97 Å². The molecule has 1 aromatic rings. The van der Waals surface area contributed by atoms with Crippen molar-refractivity contribution < 1.29 is 23.8 Å². The second kappa shape index (κ2) is 16.9. The van der Waals surface area contributed by atoms with Crippen LogP contribution in [0.3, 0.4) is 0 Å². The second-order valence-electron chi connectivity index (χ2n) is 7.37. The van der Waals surface area contributed by atoms with Gasteiger partial charge in [-0.05, 0) is 12.5 Å². The zero-order valence-corrected chi connectivity index (χ0v) is 18.3. The topological polar surface area (TPSA) is 61.8 Å². The SMILES string of the molecule is CCCCCCCCCCCCOC(=O)CCC(=O)OCc1ccccc1OC. The van der Waals surface area contributed by atoms with Crippen molar-refractivity contribution in [2.45, 2.75) is 90.6 Å². The molecule has 0 fully saturated rings. The first-order valence-corrected chi connectivity index (χ1v) is 11.1. The smallest absolute Gasteiger partial charge is 0.306 e. The highest BCUT2D eigenvalue weighted by Crippen LogP contribution is 2.18. The minimum Gasteiger partial charge on any atom is -0.496 e. The number of unbranched alkanes of at least 4 members (excludes halogenated alkanes) is 9.